The zero-order chi connectivity index (χ0) is 15.6. The van der Waals surface area contributed by atoms with E-state index in [1.807, 2.05) is 13.0 Å². The van der Waals surface area contributed by atoms with Crippen LogP contribution in [0.1, 0.15) is 30.1 Å². The Morgan fingerprint density at radius 2 is 2.10 bits per heavy atom. The first-order chi connectivity index (χ1) is 9.91. The molecule has 0 bridgehead atoms. The molecule has 6 nitrogen and oxygen atoms in total. The van der Waals surface area contributed by atoms with E-state index in [1.165, 1.54) is 4.90 Å². The van der Waals surface area contributed by atoms with Crippen LogP contribution in [0.15, 0.2) is 36.7 Å². The summed E-state index contributed by atoms with van der Waals surface area (Å²) < 4.78 is 1.61. The molecule has 1 heterocycles. The predicted octanol–water partition coefficient (Wildman–Crippen LogP) is 1.35. The van der Waals surface area contributed by atoms with Crippen molar-refractivity contribution in [3.05, 3.63) is 47.8 Å². The first kappa shape index (κ1) is 15.1. The molecule has 1 aromatic carbocycles. The van der Waals surface area contributed by atoms with E-state index < -0.39 is 6.04 Å². The van der Waals surface area contributed by atoms with Crippen molar-refractivity contribution in [1.82, 2.24) is 14.7 Å². The van der Waals surface area contributed by atoms with Crippen LogP contribution >= 0.6 is 0 Å². The summed E-state index contributed by atoms with van der Waals surface area (Å²) in [6.07, 6.45) is 3.31. The van der Waals surface area contributed by atoms with Crippen LogP contribution in [0.5, 0.6) is 5.75 Å². The molecule has 1 amide bonds. The van der Waals surface area contributed by atoms with Gasteiger partial charge in [-0.2, -0.15) is 5.10 Å². The Hall–Kier alpha value is -2.34. The summed E-state index contributed by atoms with van der Waals surface area (Å²) in [7, 11) is 3.45. The Bertz CT molecular complexity index is 638. The third-order valence-electron chi connectivity index (χ3n) is 3.67. The number of carbonyl (C=O) groups is 1. The van der Waals surface area contributed by atoms with Crippen molar-refractivity contribution < 1.29 is 9.90 Å². The van der Waals surface area contributed by atoms with Crippen LogP contribution in [0.25, 0.3) is 0 Å². The van der Waals surface area contributed by atoms with Crippen LogP contribution in [-0.2, 0) is 11.8 Å². The maximum Gasteiger partial charge on any atom is 0.244 e. The molecule has 0 saturated heterocycles. The van der Waals surface area contributed by atoms with Gasteiger partial charge in [-0.05, 0) is 13.0 Å². The van der Waals surface area contributed by atoms with E-state index in [0.717, 1.165) is 0 Å². The Morgan fingerprint density at radius 1 is 1.43 bits per heavy atom. The number of hydrogen-bond acceptors (Lipinski definition) is 4. The summed E-state index contributed by atoms with van der Waals surface area (Å²) in [6.45, 7) is 1.85. The number of para-hydroxylation sites is 1. The van der Waals surface area contributed by atoms with Crippen LogP contribution in [0.2, 0.25) is 0 Å². The Labute approximate surface area is 123 Å². The Morgan fingerprint density at radius 3 is 2.67 bits per heavy atom. The summed E-state index contributed by atoms with van der Waals surface area (Å²) in [5, 5.41) is 13.9. The number of aromatic hydroxyl groups is 1. The molecule has 0 aliphatic heterocycles. The fourth-order valence-electron chi connectivity index (χ4n) is 2.20. The van der Waals surface area contributed by atoms with Gasteiger partial charge in [0.1, 0.15) is 11.8 Å². The molecule has 21 heavy (non-hydrogen) atoms. The van der Waals surface area contributed by atoms with E-state index >= 15 is 0 Å². The molecule has 2 aromatic rings. The van der Waals surface area contributed by atoms with Crippen LogP contribution in [0.4, 0.5) is 0 Å². The SMILES string of the molecule is CC(c1ccccc1O)N(C)C(=O)C(N)c1cnn(C)c1. The number of likely N-dealkylation sites (N-methyl/N-ethyl adjacent to an activating group) is 1. The molecule has 0 radical (unpaired) electrons. The third-order valence-corrected chi connectivity index (χ3v) is 3.67. The lowest BCUT2D eigenvalue weighted by Crippen LogP contribution is -2.37. The first-order valence-electron chi connectivity index (χ1n) is 6.70. The van der Waals surface area contributed by atoms with Gasteiger partial charge in [0.2, 0.25) is 5.91 Å². The number of carbonyl (C=O) groups excluding carboxylic acids is 1. The predicted molar refractivity (Wildman–Crippen MR) is 79.4 cm³/mol. The van der Waals surface area contributed by atoms with Crippen LogP contribution in [0, 0.1) is 0 Å². The Balaban J connectivity index is 2.17. The summed E-state index contributed by atoms with van der Waals surface area (Å²) in [4.78, 5) is 14.0. The van der Waals surface area contributed by atoms with E-state index in [9.17, 15) is 9.90 Å². The molecule has 2 unspecified atom stereocenters. The summed E-state index contributed by atoms with van der Waals surface area (Å²) in [5.74, 6) is -0.0571. The highest BCUT2D eigenvalue weighted by Gasteiger charge is 2.26. The summed E-state index contributed by atoms with van der Waals surface area (Å²) in [6, 6.07) is 5.92. The van der Waals surface area contributed by atoms with Crippen molar-refractivity contribution in [2.24, 2.45) is 12.8 Å². The summed E-state index contributed by atoms with van der Waals surface area (Å²) in [5.41, 5.74) is 7.35. The molecule has 0 saturated carbocycles. The molecule has 0 aliphatic carbocycles. The number of aryl methyl sites for hydroxylation is 1. The maximum absolute atomic E-state index is 12.5. The van der Waals surface area contributed by atoms with Gasteiger partial charge < -0.3 is 15.7 Å². The number of amides is 1. The molecular formula is C15H20N4O2. The van der Waals surface area contributed by atoms with Crippen molar-refractivity contribution in [3.63, 3.8) is 0 Å². The van der Waals surface area contributed by atoms with Gasteiger partial charge in [-0.3, -0.25) is 9.48 Å². The molecule has 2 rings (SSSR count). The van der Waals surface area contributed by atoms with Gasteiger partial charge >= 0.3 is 0 Å². The Kier molecular flexibility index (Phi) is 4.28. The normalized spacial score (nSPS) is 13.7. The van der Waals surface area contributed by atoms with Crippen molar-refractivity contribution in [2.75, 3.05) is 7.05 Å². The minimum Gasteiger partial charge on any atom is -0.508 e. The lowest BCUT2D eigenvalue weighted by Gasteiger charge is -2.28. The number of nitrogens with zero attached hydrogens (tertiary/aromatic N) is 3. The first-order valence-corrected chi connectivity index (χ1v) is 6.70. The number of nitrogens with two attached hydrogens (primary N) is 1. The lowest BCUT2D eigenvalue weighted by molar-refractivity contribution is -0.133. The monoisotopic (exact) mass is 288 g/mol. The van der Waals surface area contributed by atoms with Gasteiger partial charge in [0, 0.05) is 31.4 Å². The fraction of sp³-hybridized carbons (Fsp3) is 0.333. The second-order valence-corrected chi connectivity index (χ2v) is 5.11. The molecular weight excluding hydrogens is 268 g/mol. The largest absolute Gasteiger partial charge is 0.508 e. The quantitative estimate of drug-likeness (QED) is 0.889. The van der Waals surface area contributed by atoms with Crippen LogP contribution < -0.4 is 5.73 Å². The van der Waals surface area contributed by atoms with Gasteiger partial charge in [0.25, 0.3) is 0 Å². The molecule has 3 N–H and O–H groups in total. The molecule has 0 fully saturated rings. The second-order valence-electron chi connectivity index (χ2n) is 5.11. The van der Waals surface area contributed by atoms with Gasteiger partial charge in [-0.15, -0.1) is 0 Å². The highest BCUT2D eigenvalue weighted by atomic mass is 16.3. The molecule has 2 atom stereocenters. The van der Waals surface area contributed by atoms with Gasteiger partial charge in [-0.1, -0.05) is 18.2 Å². The number of rotatable bonds is 4. The van der Waals surface area contributed by atoms with Crippen LogP contribution in [-0.4, -0.2) is 32.7 Å². The summed E-state index contributed by atoms with van der Waals surface area (Å²) >= 11 is 0. The van der Waals surface area contributed by atoms with Crippen molar-refractivity contribution in [3.8, 4) is 5.75 Å². The molecule has 1 aromatic heterocycles. The topological polar surface area (TPSA) is 84.4 Å². The minimum atomic E-state index is -0.767. The van der Waals surface area contributed by atoms with Crippen molar-refractivity contribution in [2.45, 2.75) is 19.0 Å². The standard InChI is InChI=1S/C15H20N4O2/c1-10(12-6-4-5-7-13(12)20)19(3)15(21)14(16)11-8-17-18(2)9-11/h4-10,14,20H,16H2,1-3H3. The van der Waals surface area contributed by atoms with E-state index in [2.05, 4.69) is 5.10 Å². The van der Waals surface area contributed by atoms with E-state index in [4.69, 9.17) is 5.73 Å². The van der Waals surface area contributed by atoms with E-state index in [0.29, 0.717) is 11.1 Å². The third kappa shape index (κ3) is 3.05. The molecule has 0 aliphatic rings. The van der Waals surface area contributed by atoms with E-state index in [1.54, 1.807) is 49.4 Å². The second kappa shape index (κ2) is 5.97. The maximum atomic E-state index is 12.5. The van der Waals surface area contributed by atoms with E-state index in [-0.39, 0.29) is 17.7 Å². The van der Waals surface area contributed by atoms with Gasteiger partial charge in [0.15, 0.2) is 0 Å². The lowest BCUT2D eigenvalue weighted by atomic mass is 10.0. The van der Waals surface area contributed by atoms with Gasteiger partial charge in [-0.25, -0.2) is 0 Å². The molecule has 6 heteroatoms. The zero-order valence-electron chi connectivity index (χ0n) is 12.4. The van der Waals surface area contributed by atoms with Crippen molar-refractivity contribution in [1.29, 1.82) is 0 Å². The average molecular weight is 288 g/mol. The zero-order valence-corrected chi connectivity index (χ0v) is 12.4. The van der Waals surface area contributed by atoms with Crippen LogP contribution in [0.3, 0.4) is 0 Å². The fourth-order valence-corrected chi connectivity index (χ4v) is 2.20. The highest BCUT2D eigenvalue weighted by molar-refractivity contribution is 5.83. The van der Waals surface area contributed by atoms with Gasteiger partial charge in [0.05, 0.1) is 12.2 Å². The number of phenolic OH excluding ortho intramolecular Hbond substituents is 1. The minimum absolute atomic E-state index is 0.166. The number of phenols is 1. The average Bonchev–Trinajstić information content (AvgIpc) is 2.91. The molecule has 112 valence electrons. The molecule has 0 spiro atoms. The smallest absolute Gasteiger partial charge is 0.244 e. The number of benzene rings is 1. The highest BCUT2D eigenvalue weighted by Crippen LogP contribution is 2.28. The van der Waals surface area contributed by atoms with Crippen molar-refractivity contribution >= 4 is 5.91 Å². The number of hydrogen-bond donors (Lipinski definition) is 2. The number of aromatic nitrogens is 2.